The van der Waals surface area contributed by atoms with E-state index in [4.69, 9.17) is 0 Å². The summed E-state index contributed by atoms with van der Waals surface area (Å²) in [7, 11) is 4.22. The van der Waals surface area contributed by atoms with Crippen LogP contribution in [0.4, 0.5) is 0 Å². The van der Waals surface area contributed by atoms with Crippen molar-refractivity contribution in [2.24, 2.45) is 5.92 Å². The molecule has 1 atom stereocenters. The molecule has 1 unspecified atom stereocenters. The molecular weight excluding hydrogens is 382 g/mol. The highest BCUT2D eigenvalue weighted by molar-refractivity contribution is 5.86. The molecule has 0 saturated heterocycles. The second kappa shape index (κ2) is 9.82. The minimum absolute atomic E-state index is 0.577. The lowest BCUT2D eigenvalue weighted by Gasteiger charge is -2.28. The quantitative estimate of drug-likeness (QED) is 0.557. The first kappa shape index (κ1) is 23.3. The van der Waals surface area contributed by atoms with E-state index in [0.29, 0.717) is 5.92 Å². The van der Waals surface area contributed by atoms with E-state index in [1.54, 1.807) is 0 Å². The Morgan fingerprint density at radius 1 is 1.03 bits per heavy atom. The molecule has 0 aromatic heterocycles. The van der Waals surface area contributed by atoms with Crippen LogP contribution in [0.3, 0.4) is 0 Å². The summed E-state index contributed by atoms with van der Waals surface area (Å²) in [5.74, 6) is -0.235. The number of nitrogens with zero attached hydrogens (tertiary/aromatic N) is 1. The fourth-order valence-electron chi connectivity index (χ4n) is 4.75. The SMILES string of the molecule is CC(C)Cc1ccc(C(C)(C(=O)O)c2cccc(C3=C(CN(C)C)CCCC3)c2)cc1. The molecule has 31 heavy (non-hydrogen) atoms. The van der Waals surface area contributed by atoms with E-state index in [1.165, 1.54) is 35.1 Å². The van der Waals surface area contributed by atoms with Crippen molar-refractivity contribution in [1.82, 2.24) is 4.90 Å². The van der Waals surface area contributed by atoms with Crippen LogP contribution in [0.15, 0.2) is 54.1 Å². The van der Waals surface area contributed by atoms with Crippen molar-refractivity contribution < 1.29 is 9.90 Å². The molecule has 0 fully saturated rings. The first-order chi connectivity index (χ1) is 14.7. The van der Waals surface area contributed by atoms with Gasteiger partial charge < -0.3 is 10.0 Å². The first-order valence-corrected chi connectivity index (χ1v) is 11.5. The van der Waals surface area contributed by atoms with Crippen LogP contribution >= 0.6 is 0 Å². The summed E-state index contributed by atoms with van der Waals surface area (Å²) in [6.45, 7) is 7.20. The lowest BCUT2D eigenvalue weighted by molar-refractivity contribution is -0.141. The van der Waals surface area contributed by atoms with E-state index in [0.717, 1.165) is 36.9 Å². The van der Waals surface area contributed by atoms with E-state index in [-0.39, 0.29) is 0 Å². The van der Waals surface area contributed by atoms with Crippen LogP contribution in [0, 0.1) is 5.92 Å². The summed E-state index contributed by atoms with van der Waals surface area (Å²) in [5.41, 5.74) is 5.92. The summed E-state index contributed by atoms with van der Waals surface area (Å²) in [6, 6.07) is 16.4. The summed E-state index contributed by atoms with van der Waals surface area (Å²) in [5, 5.41) is 10.3. The molecule has 0 amide bonds. The number of hydrogen-bond acceptors (Lipinski definition) is 2. The number of likely N-dealkylation sites (N-methyl/N-ethyl adjacent to an activating group) is 1. The smallest absolute Gasteiger partial charge is 0.318 e. The Morgan fingerprint density at radius 2 is 1.71 bits per heavy atom. The van der Waals surface area contributed by atoms with Crippen LogP contribution in [0.25, 0.3) is 5.57 Å². The van der Waals surface area contributed by atoms with Gasteiger partial charge in [-0.3, -0.25) is 4.79 Å². The van der Waals surface area contributed by atoms with Gasteiger partial charge >= 0.3 is 5.97 Å². The number of carboxylic acids is 1. The van der Waals surface area contributed by atoms with E-state index < -0.39 is 11.4 Å². The molecular formula is C28H37NO2. The van der Waals surface area contributed by atoms with Gasteiger partial charge in [-0.25, -0.2) is 0 Å². The second-order valence-corrected chi connectivity index (χ2v) is 9.83. The number of rotatable bonds is 8. The molecule has 1 aliphatic rings. The highest BCUT2D eigenvalue weighted by atomic mass is 16.4. The molecule has 3 heteroatoms. The van der Waals surface area contributed by atoms with Gasteiger partial charge in [0.15, 0.2) is 0 Å². The zero-order valence-corrected chi connectivity index (χ0v) is 19.7. The molecule has 0 saturated carbocycles. The summed E-state index contributed by atoms with van der Waals surface area (Å²) < 4.78 is 0. The third kappa shape index (κ3) is 5.27. The third-order valence-electron chi connectivity index (χ3n) is 6.48. The van der Waals surface area contributed by atoms with Crippen molar-refractivity contribution in [2.75, 3.05) is 20.6 Å². The Hall–Kier alpha value is -2.39. The van der Waals surface area contributed by atoms with Gasteiger partial charge in [0.25, 0.3) is 0 Å². The second-order valence-electron chi connectivity index (χ2n) is 9.83. The van der Waals surface area contributed by atoms with Crippen LogP contribution in [0.1, 0.15) is 68.7 Å². The van der Waals surface area contributed by atoms with E-state index in [9.17, 15) is 9.90 Å². The largest absolute Gasteiger partial charge is 0.480 e. The molecule has 0 heterocycles. The summed E-state index contributed by atoms with van der Waals surface area (Å²) in [4.78, 5) is 14.8. The Kier molecular flexibility index (Phi) is 7.38. The number of carboxylic acid groups (broad SMARTS) is 1. The van der Waals surface area contributed by atoms with Gasteiger partial charge in [-0.2, -0.15) is 0 Å². The Morgan fingerprint density at radius 3 is 2.32 bits per heavy atom. The fourth-order valence-corrected chi connectivity index (χ4v) is 4.75. The van der Waals surface area contributed by atoms with Crippen molar-refractivity contribution in [1.29, 1.82) is 0 Å². The number of benzene rings is 2. The monoisotopic (exact) mass is 419 g/mol. The molecule has 0 spiro atoms. The first-order valence-electron chi connectivity index (χ1n) is 11.5. The minimum atomic E-state index is -1.08. The highest BCUT2D eigenvalue weighted by Crippen LogP contribution is 2.37. The van der Waals surface area contributed by atoms with Crippen LogP contribution < -0.4 is 0 Å². The van der Waals surface area contributed by atoms with Crippen molar-refractivity contribution in [3.8, 4) is 0 Å². The molecule has 3 nitrogen and oxygen atoms in total. The average Bonchev–Trinajstić information content (AvgIpc) is 2.73. The van der Waals surface area contributed by atoms with E-state index >= 15 is 0 Å². The normalized spacial score (nSPS) is 16.6. The van der Waals surface area contributed by atoms with Crippen molar-refractivity contribution in [2.45, 2.75) is 58.3 Å². The standard InChI is InChI=1S/C28H37NO2/c1-20(2)17-21-13-15-24(16-14-21)28(3,27(30)31)25-11-8-10-22(18-25)26-12-7-6-9-23(26)19-29(4)5/h8,10-11,13-16,18,20H,6-7,9,12,17,19H2,1-5H3,(H,30,31). The van der Waals surface area contributed by atoms with Gasteiger partial charge in [0, 0.05) is 6.54 Å². The lowest BCUT2D eigenvalue weighted by atomic mass is 9.74. The van der Waals surface area contributed by atoms with Gasteiger partial charge in [0.1, 0.15) is 5.41 Å². The number of carbonyl (C=O) groups is 1. The highest BCUT2D eigenvalue weighted by Gasteiger charge is 2.37. The van der Waals surface area contributed by atoms with Gasteiger partial charge in [-0.15, -0.1) is 0 Å². The summed E-state index contributed by atoms with van der Waals surface area (Å²) >= 11 is 0. The van der Waals surface area contributed by atoms with Crippen LogP contribution in [0.2, 0.25) is 0 Å². The number of aliphatic carboxylic acids is 1. The van der Waals surface area contributed by atoms with Gasteiger partial charge in [0.05, 0.1) is 0 Å². The maximum atomic E-state index is 12.6. The molecule has 1 aliphatic carbocycles. The predicted molar refractivity (Wildman–Crippen MR) is 129 cm³/mol. The van der Waals surface area contributed by atoms with Crippen LogP contribution in [0.5, 0.6) is 0 Å². The van der Waals surface area contributed by atoms with Crippen molar-refractivity contribution in [3.05, 3.63) is 76.4 Å². The van der Waals surface area contributed by atoms with Crippen LogP contribution in [-0.4, -0.2) is 36.6 Å². The topological polar surface area (TPSA) is 40.5 Å². The summed E-state index contributed by atoms with van der Waals surface area (Å²) in [6.07, 6.45) is 5.64. The lowest BCUT2D eigenvalue weighted by Crippen LogP contribution is -2.33. The average molecular weight is 420 g/mol. The molecule has 2 aromatic rings. The molecule has 0 bridgehead atoms. The zero-order chi connectivity index (χ0) is 22.6. The van der Waals surface area contributed by atoms with E-state index in [2.05, 4.69) is 57.1 Å². The van der Waals surface area contributed by atoms with Gasteiger partial charge in [0.2, 0.25) is 0 Å². The van der Waals surface area contributed by atoms with Gasteiger partial charge in [-0.1, -0.05) is 61.9 Å². The minimum Gasteiger partial charge on any atom is -0.480 e. The Balaban J connectivity index is 2.03. The zero-order valence-electron chi connectivity index (χ0n) is 19.7. The van der Waals surface area contributed by atoms with Crippen molar-refractivity contribution in [3.63, 3.8) is 0 Å². The third-order valence-corrected chi connectivity index (χ3v) is 6.48. The molecule has 166 valence electrons. The van der Waals surface area contributed by atoms with E-state index in [1.807, 2.05) is 31.2 Å². The molecule has 2 aromatic carbocycles. The fraction of sp³-hybridized carbons (Fsp3) is 0.464. The van der Waals surface area contributed by atoms with Crippen molar-refractivity contribution >= 4 is 11.5 Å². The Labute approximate surface area is 187 Å². The maximum Gasteiger partial charge on any atom is 0.318 e. The predicted octanol–water partition coefficient (Wildman–Crippen LogP) is 6.16. The molecule has 1 N–H and O–H groups in total. The number of hydrogen-bond donors (Lipinski definition) is 1. The Bertz CT molecular complexity index is 940. The van der Waals surface area contributed by atoms with Crippen LogP contribution in [-0.2, 0) is 16.6 Å². The van der Waals surface area contributed by atoms with Gasteiger partial charge in [-0.05, 0) is 92.9 Å². The molecule has 0 aliphatic heterocycles. The molecule has 3 rings (SSSR count). The number of allylic oxidation sites excluding steroid dienone is 1. The molecule has 0 radical (unpaired) electrons. The maximum absolute atomic E-state index is 12.6.